The Morgan fingerprint density at radius 2 is 2.05 bits per heavy atom. The summed E-state index contributed by atoms with van der Waals surface area (Å²) in [4.78, 5) is 11.3. The van der Waals surface area contributed by atoms with Crippen LogP contribution in [0.15, 0.2) is 18.2 Å². The molecule has 2 unspecified atom stereocenters. The van der Waals surface area contributed by atoms with Gasteiger partial charge in [-0.15, -0.1) is 0 Å². The Bertz CT molecular complexity index is 445. The Kier molecular flexibility index (Phi) is 6.44. The topological polar surface area (TPSA) is 96.2 Å². The summed E-state index contributed by atoms with van der Waals surface area (Å²) in [5, 5.41) is 28.9. The van der Waals surface area contributed by atoms with Crippen molar-refractivity contribution in [1.29, 1.82) is 0 Å². The van der Waals surface area contributed by atoms with E-state index in [-0.39, 0.29) is 19.6 Å². The number of carbonyl (C=O) groups is 1. The first kappa shape index (κ1) is 16.4. The van der Waals surface area contributed by atoms with Gasteiger partial charge in [-0.2, -0.15) is 0 Å². The normalized spacial score (nSPS) is 13.7. The molecule has 0 fully saturated rings. The molecule has 0 aliphatic carbocycles. The van der Waals surface area contributed by atoms with Crippen LogP contribution in [-0.4, -0.2) is 41.1 Å². The summed E-state index contributed by atoms with van der Waals surface area (Å²) >= 11 is 0. The van der Waals surface area contributed by atoms with E-state index in [9.17, 15) is 15.0 Å². The van der Waals surface area contributed by atoms with Crippen molar-refractivity contribution in [1.82, 2.24) is 0 Å². The lowest BCUT2D eigenvalue weighted by Gasteiger charge is -2.18. The van der Waals surface area contributed by atoms with Crippen molar-refractivity contribution in [3.05, 3.63) is 29.3 Å². The van der Waals surface area contributed by atoms with Gasteiger partial charge in [0, 0.05) is 5.56 Å². The Balaban J connectivity index is 2.80. The number of rotatable bonds is 7. The minimum Gasteiger partial charge on any atom is -0.496 e. The van der Waals surface area contributed by atoms with E-state index >= 15 is 0 Å². The first-order valence-electron chi connectivity index (χ1n) is 6.32. The third-order valence-corrected chi connectivity index (χ3v) is 2.87. The summed E-state index contributed by atoms with van der Waals surface area (Å²) in [5.41, 5.74) is 0.971. The molecule has 1 rings (SSSR count). The fraction of sp³-hybridized carbons (Fsp3) is 0.500. The zero-order chi connectivity index (χ0) is 15.1. The van der Waals surface area contributed by atoms with Crippen molar-refractivity contribution in [3.63, 3.8) is 0 Å². The molecular formula is C14H20O6. The second-order valence-electron chi connectivity index (χ2n) is 4.25. The molecule has 0 heterocycles. The Hall–Kier alpha value is -1.63. The quantitative estimate of drug-likeness (QED) is 0.632. The van der Waals surface area contributed by atoms with E-state index in [2.05, 4.69) is 0 Å². The van der Waals surface area contributed by atoms with Gasteiger partial charge in [-0.25, -0.2) is 0 Å². The van der Waals surface area contributed by atoms with Gasteiger partial charge in [0.1, 0.15) is 11.9 Å². The zero-order valence-electron chi connectivity index (χ0n) is 11.6. The number of ether oxygens (including phenoxy) is 2. The number of hydrogen-bond acceptors (Lipinski definition) is 6. The predicted octanol–water partition coefficient (Wildman–Crippen LogP) is 0.535. The van der Waals surface area contributed by atoms with Crippen LogP contribution in [0.1, 0.15) is 30.6 Å². The predicted molar refractivity (Wildman–Crippen MR) is 71.1 cm³/mol. The van der Waals surface area contributed by atoms with Gasteiger partial charge in [0.2, 0.25) is 0 Å². The average Bonchev–Trinajstić information content (AvgIpc) is 2.45. The molecule has 0 saturated carbocycles. The standard InChI is InChI=1S/C14H20O6/c1-3-20-13(17)7-11(16)14(18)9-4-5-10(8-15)12(6-9)19-2/h4-6,11,14-16,18H,3,7-8H2,1-2H3. The van der Waals surface area contributed by atoms with Crippen LogP contribution >= 0.6 is 0 Å². The smallest absolute Gasteiger partial charge is 0.308 e. The number of aliphatic hydroxyl groups is 3. The molecule has 6 nitrogen and oxygen atoms in total. The van der Waals surface area contributed by atoms with Crippen LogP contribution in [0.5, 0.6) is 5.75 Å². The Labute approximate surface area is 117 Å². The highest BCUT2D eigenvalue weighted by Crippen LogP contribution is 2.26. The van der Waals surface area contributed by atoms with Gasteiger partial charge in [0.05, 0.1) is 32.8 Å². The second kappa shape index (κ2) is 7.84. The van der Waals surface area contributed by atoms with Gasteiger partial charge >= 0.3 is 5.97 Å². The molecule has 0 aromatic heterocycles. The summed E-state index contributed by atoms with van der Waals surface area (Å²) in [6, 6.07) is 4.67. The molecule has 0 saturated heterocycles. The average molecular weight is 284 g/mol. The highest BCUT2D eigenvalue weighted by Gasteiger charge is 2.23. The first-order chi connectivity index (χ1) is 9.53. The van der Waals surface area contributed by atoms with Crippen molar-refractivity contribution < 1.29 is 29.6 Å². The van der Waals surface area contributed by atoms with E-state index in [0.29, 0.717) is 16.9 Å². The Morgan fingerprint density at radius 3 is 2.60 bits per heavy atom. The minimum atomic E-state index is -1.27. The molecule has 6 heteroatoms. The van der Waals surface area contributed by atoms with E-state index in [4.69, 9.17) is 14.6 Å². The summed E-state index contributed by atoms with van der Waals surface area (Å²) < 4.78 is 9.79. The lowest BCUT2D eigenvalue weighted by Crippen LogP contribution is -2.23. The molecule has 0 spiro atoms. The van der Waals surface area contributed by atoms with Crippen LogP contribution in [0.4, 0.5) is 0 Å². The number of esters is 1. The Morgan fingerprint density at radius 1 is 1.35 bits per heavy atom. The number of benzene rings is 1. The van der Waals surface area contributed by atoms with Gasteiger partial charge in [0.25, 0.3) is 0 Å². The van der Waals surface area contributed by atoms with Gasteiger partial charge < -0.3 is 24.8 Å². The number of methoxy groups -OCH3 is 1. The molecule has 112 valence electrons. The van der Waals surface area contributed by atoms with Crippen LogP contribution in [0, 0.1) is 0 Å². The molecule has 1 aromatic carbocycles. The summed E-state index contributed by atoms with van der Waals surface area (Å²) in [7, 11) is 1.44. The summed E-state index contributed by atoms with van der Waals surface area (Å²) in [6.07, 6.45) is -2.79. The SMILES string of the molecule is CCOC(=O)CC(O)C(O)c1ccc(CO)c(OC)c1. The maximum absolute atomic E-state index is 11.3. The van der Waals surface area contributed by atoms with Crippen molar-refractivity contribution in [2.75, 3.05) is 13.7 Å². The highest BCUT2D eigenvalue weighted by molar-refractivity contribution is 5.70. The van der Waals surface area contributed by atoms with Crippen LogP contribution < -0.4 is 4.74 Å². The van der Waals surface area contributed by atoms with Crippen LogP contribution in [0.2, 0.25) is 0 Å². The van der Waals surface area contributed by atoms with Crippen molar-refractivity contribution in [3.8, 4) is 5.75 Å². The molecule has 2 atom stereocenters. The van der Waals surface area contributed by atoms with Crippen molar-refractivity contribution in [2.45, 2.75) is 32.2 Å². The summed E-state index contributed by atoms with van der Waals surface area (Å²) in [6.45, 7) is 1.70. The third-order valence-electron chi connectivity index (χ3n) is 2.87. The van der Waals surface area contributed by atoms with E-state index in [1.807, 2.05) is 0 Å². The largest absolute Gasteiger partial charge is 0.496 e. The molecule has 0 aliphatic heterocycles. The van der Waals surface area contributed by atoms with Gasteiger partial charge in [-0.3, -0.25) is 4.79 Å². The fourth-order valence-corrected chi connectivity index (χ4v) is 1.80. The molecular weight excluding hydrogens is 264 g/mol. The number of carbonyl (C=O) groups excluding carboxylic acids is 1. The molecule has 0 aliphatic rings. The monoisotopic (exact) mass is 284 g/mol. The lowest BCUT2D eigenvalue weighted by atomic mass is 10.0. The van der Waals surface area contributed by atoms with Gasteiger partial charge in [0.15, 0.2) is 0 Å². The van der Waals surface area contributed by atoms with E-state index in [1.165, 1.54) is 13.2 Å². The summed E-state index contributed by atoms with van der Waals surface area (Å²) in [5.74, 6) is -0.162. The van der Waals surface area contributed by atoms with E-state index in [0.717, 1.165) is 0 Å². The highest BCUT2D eigenvalue weighted by atomic mass is 16.5. The van der Waals surface area contributed by atoms with Crippen molar-refractivity contribution >= 4 is 5.97 Å². The second-order valence-corrected chi connectivity index (χ2v) is 4.25. The van der Waals surface area contributed by atoms with Crippen LogP contribution in [0.25, 0.3) is 0 Å². The minimum absolute atomic E-state index is 0.190. The third kappa shape index (κ3) is 4.19. The van der Waals surface area contributed by atoms with Crippen LogP contribution in [-0.2, 0) is 16.1 Å². The fourth-order valence-electron chi connectivity index (χ4n) is 1.80. The number of aliphatic hydroxyl groups excluding tert-OH is 3. The van der Waals surface area contributed by atoms with E-state index < -0.39 is 18.2 Å². The molecule has 0 amide bonds. The first-order valence-corrected chi connectivity index (χ1v) is 6.32. The van der Waals surface area contributed by atoms with Crippen LogP contribution in [0.3, 0.4) is 0 Å². The molecule has 0 radical (unpaired) electrons. The maximum Gasteiger partial charge on any atom is 0.308 e. The molecule has 20 heavy (non-hydrogen) atoms. The molecule has 3 N–H and O–H groups in total. The molecule has 1 aromatic rings. The van der Waals surface area contributed by atoms with Gasteiger partial charge in [-0.1, -0.05) is 12.1 Å². The lowest BCUT2D eigenvalue weighted by molar-refractivity contribution is -0.147. The number of hydrogen-bond donors (Lipinski definition) is 3. The maximum atomic E-state index is 11.3. The van der Waals surface area contributed by atoms with Crippen molar-refractivity contribution in [2.24, 2.45) is 0 Å². The zero-order valence-corrected chi connectivity index (χ0v) is 11.6. The van der Waals surface area contributed by atoms with Gasteiger partial charge in [-0.05, 0) is 18.6 Å². The van der Waals surface area contributed by atoms with E-state index in [1.54, 1.807) is 19.1 Å². The molecule has 0 bridgehead atoms.